The second kappa shape index (κ2) is 7.32. The summed E-state index contributed by atoms with van der Waals surface area (Å²) in [6.07, 6.45) is 0.909. The van der Waals surface area contributed by atoms with Crippen molar-refractivity contribution in [3.8, 4) is 0 Å². The lowest BCUT2D eigenvalue weighted by atomic mass is 10.0. The second-order valence-corrected chi connectivity index (χ2v) is 5.98. The number of nitro groups is 1. The maximum absolute atomic E-state index is 12.3. The maximum Gasteiger partial charge on any atom is 0.283 e. The highest BCUT2D eigenvalue weighted by Crippen LogP contribution is 2.24. The molecule has 0 saturated heterocycles. The van der Waals surface area contributed by atoms with Crippen LogP contribution in [0.2, 0.25) is 5.02 Å². The lowest BCUT2D eigenvalue weighted by Gasteiger charge is -2.12. The molecule has 1 aliphatic rings. The van der Waals surface area contributed by atoms with Gasteiger partial charge in [0.1, 0.15) is 5.56 Å². The molecule has 8 nitrogen and oxygen atoms in total. The van der Waals surface area contributed by atoms with Gasteiger partial charge in [-0.2, -0.15) is 5.10 Å². The number of nitrogens with one attached hydrogen (secondary N) is 2. The van der Waals surface area contributed by atoms with Crippen LogP contribution in [0.4, 0.5) is 11.4 Å². The van der Waals surface area contributed by atoms with Gasteiger partial charge in [-0.05, 0) is 29.8 Å². The lowest BCUT2D eigenvalue weighted by Crippen LogP contribution is -2.25. The van der Waals surface area contributed by atoms with Gasteiger partial charge in [0.05, 0.1) is 10.6 Å². The summed E-state index contributed by atoms with van der Waals surface area (Å²) in [5.74, 6) is -0.731. The Kier molecular flexibility index (Phi) is 4.94. The van der Waals surface area contributed by atoms with Gasteiger partial charge in [0.2, 0.25) is 5.91 Å². The topological polar surface area (TPSA) is 114 Å². The number of carbonyl (C=O) groups is 2. The van der Waals surface area contributed by atoms with Crippen molar-refractivity contribution in [2.75, 3.05) is 5.32 Å². The third-order valence-corrected chi connectivity index (χ3v) is 4.02. The molecule has 1 aliphatic heterocycles. The molecule has 2 aromatic rings. The molecule has 132 valence electrons. The predicted molar refractivity (Wildman–Crippen MR) is 96.4 cm³/mol. The second-order valence-electron chi connectivity index (χ2n) is 5.54. The summed E-state index contributed by atoms with van der Waals surface area (Å²) in [6, 6.07) is 10.7. The van der Waals surface area contributed by atoms with Gasteiger partial charge in [0.25, 0.3) is 11.6 Å². The Balaban J connectivity index is 1.76. The Morgan fingerprint density at radius 2 is 1.92 bits per heavy atom. The van der Waals surface area contributed by atoms with Crippen molar-refractivity contribution in [3.05, 3.63) is 68.7 Å². The van der Waals surface area contributed by atoms with Crippen molar-refractivity contribution in [1.29, 1.82) is 0 Å². The van der Waals surface area contributed by atoms with E-state index in [0.717, 1.165) is 17.3 Å². The standard InChI is InChI=1S/C17H13ClN4O4/c18-11-3-6-13(15(9-11)22(25)26)17(24)19-12-4-1-10(2-5-12)14-7-8-16(23)21-20-14/h1-6,9H,7-8H2,(H,19,24)(H,21,23). The first-order valence-electron chi connectivity index (χ1n) is 7.65. The van der Waals surface area contributed by atoms with E-state index in [2.05, 4.69) is 15.8 Å². The Hall–Kier alpha value is -3.26. The van der Waals surface area contributed by atoms with E-state index in [-0.39, 0.29) is 22.2 Å². The van der Waals surface area contributed by atoms with Gasteiger partial charge in [-0.15, -0.1) is 0 Å². The number of carbonyl (C=O) groups excluding carboxylic acids is 2. The van der Waals surface area contributed by atoms with Gasteiger partial charge >= 0.3 is 0 Å². The molecule has 0 unspecified atom stereocenters. The van der Waals surface area contributed by atoms with Crippen LogP contribution in [0.15, 0.2) is 47.6 Å². The normalized spacial score (nSPS) is 13.6. The molecule has 26 heavy (non-hydrogen) atoms. The van der Waals surface area contributed by atoms with Crippen LogP contribution in [-0.2, 0) is 4.79 Å². The first-order chi connectivity index (χ1) is 12.4. The predicted octanol–water partition coefficient (Wildman–Crippen LogP) is 3.11. The number of nitrogens with zero attached hydrogens (tertiary/aromatic N) is 2. The largest absolute Gasteiger partial charge is 0.322 e. The van der Waals surface area contributed by atoms with Gasteiger partial charge in [-0.25, -0.2) is 5.43 Å². The van der Waals surface area contributed by atoms with Crippen LogP contribution in [0, 0.1) is 10.1 Å². The molecule has 3 rings (SSSR count). The molecule has 0 aliphatic carbocycles. The van der Waals surface area contributed by atoms with Crippen molar-refractivity contribution in [3.63, 3.8) is 0 Å². The Morgan fingerprint density at radius 1 is 1.19 bits per heavy atom. The van der Waals surface area contributed by atoms with Crippen molar-refractivity contribution in [2.45, 2.75) is 12.8 Å². The van der Waals surface area contributed by atoms with Crippen molar-refractivity contribution < 1.29 is 14.5 Å². The van der Waals surface area contributed by atoms with Crippen molar-refractivity contribution in [1.82, 2.24) is 5.43 Å². The van der Waals surface area contributed by atoms with Crippen LogP contribution in [0.5, 0.6) is 0 Å². The molecule has 1 heterocycles. The zero-order valence-corrected chi connectivity index (χ0v) is 14.1. The number of anilines is 1. The monoisotopic (exact) mass is 372 g/mol. The summed E-state index contributed by atoms with van der Waals surface area (Å²) < 4.78 is 0. The number of rotatable bonds is 4. The Labute approximate surface area is 153 Å². The van der Waals surface area contributed by atoms with Crippen LogP contribution in [0.1, 0.15) is 28.8 Å². The Morgan fingerprint density at radius 3 is 2.54 bits per heavy atom. The zero-order chi connectivity index (χ0) is 18.7. The fraction of sp³-hybridized carbons (Fsp3) is 0.118. The third-order valence-electron chi connectivity index (χ3n) is 3.78. The van der Waals surface area contributed by atoms with Crippen LogP contribution in [-0.4, -0.2) is 22.4 Å². The van der Waals surface area contributed by atoms with Crippen LogP contribution < -0.4 is 10.7 Å². The number of benzene rings is 2. The lowest BCUT2D eigenvalue weighted by molar-refractivity contribution is -0.385. The minimum atomic E-state index is -0.653. The fourth-order valence-corrected chi connectivity index (χ4v) is 2.64. The number of nitro benzene ring substituents is 1. The molecule has 0 atom stereocenters. The summed E-state index contributed by atoms with van der Waals surface area (Å²) in [5, 5.41) is 17.9. The van der Waals surface area contributed by atoms with Crippen molar-refractivity contribution >= 4 is 40.5 Å². The quantitative estimate of drug-likeness (QED) is 0.633. The molecule has 9 heteroatoms. The summed E-state index contributed by atoms with van der Waals surface area (Å²) in [5.41, 5.74) is 4.02. The molecule has 0 radical (unpaired) electrons. The highest BCUT2D eigenvalue weighted by molar-refractivity contribution is 6.31. The smallest absolute Gasteiger partial charge is 0.283 e. The molecular weight excluding hydrogens is 360 g/mol. The average molecular weight is 373 g/mol. The highest BCUT2D eigenvalue weighted by atomic mass is 35.5. The third kappa shape index (κ3) is 3.86. The molecule has 0 fully saturated rings. The molecule has 2 N–H and O–H groups in total. The molecule has 0 aromatic heterocycles. The SMILES string of the molecule is O=C1CCC(c2ccc(NC(=O)c3ccc(Cl)cc3[N+](=O)[O-])cc2)=NN1. The van der Waals surface area contributed by atoms with E-state index in [1.807, 2.05) is 0 Å². The minimum absolute atomic E-state index is 0.0807. The molecule has 0 bridgehead atoms. The van der Waals surface area contributed by atoms with E-state index in [1.165, 1.54) is 12.1 Å². The van der Waals surface area contributed by atoms with Gasteiger partial charge in [0.15, 0.2) is 0 Å². The zero-order valence-electron chi connectivity index (χ0n) is 13.4. The van der Waals surface area contributed by atoms with Gasteiger partial charge in [-0.1, -0.05) is 23.7 Å². The summed E-state index contributed by atoms with van der Waals surface area (Å²) in [7, 11) is 0. The molecule has 0 saturated carbocycles. The van der Waals surface area contributed by atoms with Gasteiger partial charge < -0.3 is 5.32 Å². The number of hydrogen-bond acceptors (Lipinski definition) is 5. The van der Waals surface area contributed by atoms with E-state index >= 15 is 0 Å². The van der Waals surface area contributed by atoms with Gasteiger partial charge in [-0.3, -0.25) is 19.7 Å². The van der Waals surface area contributed by atoms with Gasteiger partial charge in [0, 0.05) is 29.6 Å². The fourth-order valence-electron chi connectivity index (χ4n) is 2.47. The summed E-state index contributed by atoms with van der Waals surface area (Å²) in [4.78, 5) is 33.9. The first kappa shape index (κ1) is 17.6. The molecule has 2 amide bonds. The highest BCUT2D eigenvalue weighted by Gasteiger charge is 2.21. The molecule has 0 spiro atoms. The van der Waals surface area contributed by atoms with Crippen molar-refractivity contribution in [2.24, 2.45) is 5.10 Å². The maximum atomic E-state index is 12.3. The first-order valence-corrected chi connectivity index (χ1v) is 8.03. The number of halogens is 1. The van der Waals surface area contributed by atoms with E-state index in [1.54, 1.807) is 24.3 Å². The number of amides is 2. The van der Waals surface area contributed by atoms with Crippen LogP contribution in [0.25, 0.3) is 0 Å². The van der Waals surface area contributed by atoms with Crippen LogP contribution in [0.3, 0.4) is 0 Å². The average Bonchev–Trinajstić information content (AvgIpc) is 2.63. The van der Waals surface area contributed by atoms with E-state index in [4.69, 9.17) is 11.6 Å². The number of hydrazone groups is 1. The summed E-state index contributed by atoms with van der Waals surface area (Å²) in [6.45, 7) is 0. The van der Waals surface area contributed by atoms with E-state index < -0.39 is 10.8 Å². The van der Waals surface area contributed by atoms with E-state index in [0.29, 0.717) is 18.5 Å². The molecule has 2 aromatic carbocycles. The van der Waals surface area contributed by atoms with E-state index in [9.17, 15) is 19.7 Å². The van der Waals surface area contributed by atoms with Crippen LogP contribution >= 0.6 is 11.6 Å². The summed E-state index contributed by atoms with van der Waals surface area (Å²) >= 11 is 5.75. The number of hydrogen-bond donors (Lipinski definition) is 2. The molecular formula is C17H13ClN4O4. The minimum Gasteiger partial charge on any atom is -0.322 e. The Bertz CT molecular complexity index is 925.